The molecule has 6 heteroatoms. The number of alkyl halides is 3. The molecular formula is C15H14F4N2. The van der Waals surface area contributed by atoms with E-state index in [-0.39, 0.29) is 5.56 Å². The Balaban J connectivity index is 2.46. The second kappa shape index (κ2) is 5.83. The van der Waals surface area contributed by atoms with E-state index in [0.717, 1.165) is 17.7 Å². The van der Waals surface area contributed by atoms with Gasteiger partial charge in [0, 0.05) is 0 Å². The maximum absolute atomic E-state index is 13.3. The summed E-state index contributed by atoms with van der Waals surface area (Å²) >= 11 is 0. The highest BCUT2D eigenvalue weighted by molar-refractivity contribution is 5.36. The van der Waals surface area contributed by atoms with Crippen molar-refractivity contribution in [3.05, 3.63) is 70.5 Å². The summed E-state index contributed by atoms with van der Waals surface area (Å²) in [5, 5.41) is 0. The minimum atomic E-state index is -4.74. The molecule has 2 aromatic rings. The molecule has 3 N–H and O–H groups in total. The molecule has 21 heavy (non-hydrogen) atoms. The van der Waals surface area contributed by atoms with Gasteiger partial charge in [0.15, 0.2) is 0 Å². The van der Waals surface area contributed by atoms with Gasteiger partial charge >= 0.3 is 6.18 Å². The van der Waals surface area contributed by atoms with Crippen molar-refractivity contribution in [2.45, 2.75) is 19.1 Å². The number of rotatable bonds is 3. The summed E-state index contributed by atoms with van der Waals surface area (Å²) in [6.45, 7) is 1.90. The standard InChI is InChI=1S/C15H14F4N2/c1-9-2-4-10(5-3-9)14(21-20)11-6-7-13(16)12(8-11)15(17,18)19/h2-8,14,21H,20H2,1H3. The first-order valence-electron chi connectivity index (χ1n) is 6.22. The minimum absolute atomic E-state index is 0.245. The van der Waals surface area contributed by atoms with E-state index in [9.17, 15) is 17.6 Å². The third-order valence-electron chi connectivity index (χ3n) is 3.21. The Bertz CT molecular complexity index is 621. The fourth-order valence-corrected chi connectivity index (χ4v) is 2.08. The van der Waals surface area contributed by atoms with Crippen LogP contribution in [-0.4, -0.2) is 0 Å². The number of nitrogens with one attached hydrogen (secondary N) is 1. The summed E-state index contributed by atoms with van der Waals surface area (Å²) in [7, 11) is 0. The summed E-state index contributed by atoms with van der Waals surface area (Å²) in [5.41, 5.74) is 3.12. The number of hydrogen-bond donors (Lipinski definition) is 2. The normalized spacial score (nSPS) is 13.2. The molecule has 0 fully saturated rings. The van der Waals surface area contributed by atoms with Gasteiger partial charge in [0.1, 0.15) is 5.82 Å². The van der Waals surface area contributed by atoms with Gasteiger partial charge in [-0.25, -0.2) is 9.82 Å². The average molecular weight is 298 g/mol. The predicted octanol–water partition coefficient (Wildman–Crippen LogP) is 3.71. The van der Waals surface area contributed by atoms with E-state index in [1.807, 2.05) is 19.1 Å². The van der Waals surface area contributed by atoms with Gasteiger partial charge in [-0.2, -0.15) is 13.2 Å². The Morgan fingerprint density at radius 2 is 1.57 bits per heavy atom. The zero-order valence-corrected chi connectivity index (χ0v) is 11.2. The number of aryl methyl sites for hydroxylation is 1. The summed E-state index contributed by atoms with van der Waals surface area (Å²) < 4.78 is 51.6. The van der Waals surface area contributed by atoms with E-state index in [2.05, 4.69) is 5.43 Å². The van der Waals surface area contributed by atoms with E-state index in [1.165, 1.54) is 6.07 Å². The van der Waals surface area contributed by atoms with Crippen LogP contribution < -0.4 is 11.3 Å². The zero-order chi connectivity index (χ0) is 15.6. The Kier molecular flexibility index (Phi) is 4.29. The van der Waals surface area contributed by atoms with Crippen molar-refractivity contribution in [2.75, 3.05) is 0 Å². The van der Waals surface area contributed by atoms with Crippen LogP contribution in [0.5, 0.6) is 0 Å². The Labute approximate surface area is 119 Å². The summed E-state index contributed by atoms with van der Waals surface area (Å²) in [4.78, 5) is 0. The first kappa shape index (κ1) is 15.5. The zero-order valence-electron chi connectivity index (χ0n) is 11.2. The molecule has 2 nitrogen and oxygen atoms in total. The van der Waals surface area contributed by atoms with Crippen LogP contribution in [0.1, 0.15) is 28.3 Å². The number of nitrogens with two attached hydrogens (primary N) is 1. The number of benzene rings is 2. The molecule has 1 atom stereocenters. The molecule has 1 unspecified atom stereocenters. The largest absolute Gasteiger partial charge is 0.419 e. The fourth-order valence-electron chi connectivity index (χ4n) is 2.08. The van der Waals surface area contributed by atoms with E-state index < -0.39 is 23.6 Å². The number of hydrogen-bond acceptors (Lipinski definition) is 2. The molecule has 0 bridgehead atoms. The lowest BCUT2D eigenvalue weighted by atomic mass is 9.96. The van der Waals surface area contributed by atoms with Crippen LogP contribution in [0, 0.1) is 12.7 Å². The lowest BCUT2D eigenvalue weighted by molar-refractivity contribution is -0.140. The highest BCUT2D eigenvalue weighted by Crippen LogP contribution is 2.34. The van der Waals surface area contributed by atoms with Gasteiger partial charge < -0.3 is 0 Å². The monoisotopic (exact) mass is 298 g/mol. The molecule has 112 valence electrons. The van der Waals surface area contributed by atoms with Gasteiger partial charge in [0.2, 0.25) is 0 Å². The van der Waals surface area contributed by atoms with E-state index >= 15 is 0 Å². The molecule has 0 saturated heterocycles. The van der Waals surface area contributed by atoms with Crippen LogP contribution in [-0.2, 0) is 6.18 Å². The average Bonchev–Trinajstić information content (AvgIpc) is 2.42. The topological polar surface area (TPSA) is 38.0 Å². The molecule has 0 aliphatic carbocycles. The summed E-state index contributed by atoms with van der Waals surface area (Å²) in [6, 6.07) is 9.40. The van der Waals surface area contributed by atoms with Crippen LogP contribution in [0.15, 0.2) is 42.5 Å². The van der Waals surface area contributed by atoms with Gasteiger partial charge in [0.25, 0.3) is 0 Å². The third-order valence-corrected chi connectivity index (χ3v) is 3.21. The molecule has 2 aromatic carbocycles. The second-order valence-corrected chi connectivity index (χ2v) is 4.75. The molecule has 0 spiro atoms. The number of halogens is 4. The van der Waals surface area contributed by atoms with Crippen molar-refractivity contribution >= 4 is 0 Å². The van der Waals surface area contributed by atoms with Crippen LogP contribution in [0.25, 0.3) is 0 Å². The molecular weight excluding hydrogens is 284 g/mol. The Morgan fingerprint density at radius 3 is 2.10 bits per heavy atom. The van der Waals surface area contributed by atoms with Crippen molar-refractivity contribution in [2.24, 2.45) is 5.84 Å². The first-order chi connectivity index (χ1) is 9.82. The van der Waals surface area contributed by atoms with Crippen molar-refractivity contribution in [1.82, 2.24) is 5.43 Å². The highest BCUT2D eigenvalue weighted by Gasteiger charge is 2.34. The smallest absolute Gasteiger partial charge is 0.271 e. The van der Waals surface area contributed by atoms with Gasteiger partial charge in [-0.1, -0.05) is 35.9 Å². The second-order valence-electron chi connectivity index (χ2n) is 4.75. The van der Waals surface area contributed by atoms with E-state index in [4.69, 9.17) is 5.84 Å². The van der Waals surface area contributed by atoms with Crippen molar-refractivity contribution in [1.29, 1.82) is 0 Å². The van der Waals surface area contributed by atoms with Crippen LogP contribution in [0.2, 0.25) is 0 Å². The molecule has 0 heterocycles. The van der Waals surface area contributed by atoms with Gasteiger partial charge in [-0.15, -0.1) is 0 Å². The van der Waals surface area contributed by atoms with Crippen LogP contribution in [0.3, 0.4) is 0 Å². The number of hydrazine groups is 1. The molecule has 0 saturated carbocycles. The van der Waals surface area contributed by atoms with Gasteiger partial charge in [0.05, 0.1) is 11.6 Å². The lowest BCUT2D eigenvalue weighted by Gasteiger charge is -2.19. The first-order valence-corrected chi connectivity index (χ1v) is 6.22. The summed E-state index contributed by atoms with van der Waals surface area (Å²) in [6.07, 6.45) is -4.74. The molecule has 0 aliphatic rings. The van der Waals surface area contributed by atoms with Crippen molar-refractivity contribution < 1.29 is 17.6 Å². The third kappa shape index (κ3) is 3.40. The van der Waals surface area contributed by atoms with Gasteiger partial charge in [-0.05, 0) is 30.2 Å². The molecule has 0 aliphatic heterocycles. The van der Waals surface area contributed by atoms with Gasteiger partial charge in [-0.3, -0.25) is 5.84 Å². The fraction of sp³-hybridized carbons (Fsp3) is 0.200. The molecule has 2 rings (SSSR count). The Morgan fingerprint density at radius 1 is 1.00 bits per heavy atom. The lowest BCUT2D eigenvalue weighted by Crippen LogP contribution is -2.29. The summed E-state index contributed by atoms with van der Waals surface area (Å²) in [5.74, 6) is 4.15. The molecule has 0 radical (unpaired) electrons. The maximum atomic E-state index is 13.3. The Hall–Kier alpha value is -1.92. The highest BCUT2D eigenvalue weighted by atomic mass is 19.4. The maximum Gasteiger partial charge on any atom is 0.419 e. The SMILES string of the molecule is Cc1ccc(C(NN)c2ccc(F)c(C(F)(F)F)c2)cc1. The predicted molar refractivity (Wildman–Crippen MR) is 71.7 cm³/mol. The van der Waals surface area contributed by atoms with Crippen molar-refractivity contribution in [3.63, 3.8) is 0 Å². The van der Waals surface area contributed by atoms with E-state index in [0.29, 0.717) is 5.56 Å². The van der Waals surface area contributed by atoms with Crippen LogP contribution in [0.4, 0.5) is 17.6 Å². The van der Waals surface area contributed by atoms with Crippen molar-refractivity contribution in [3.8, 4) is 0 Å². The van der Waals surface area contributed by atoms with E-state index in [1.54, 1.807) is 12.1 Å². The minimum Gasteiger partial charge on any atom is -0.271 e. The quantitative estimate of drug-likeness (QED) is 0.515. The van der Waals surface area contributed by atoms with Crippen LogP contribution >= 0.6 is 0 Å². The molecule has 0 amide bonds. The molecule has 0 aromatic heterocycles.